The van der Waals surface area contributed by atoms with Crippen molar-refractivity contribution in [2.75, 3.05) is 6.61 Å². The van der Waals surface area contributed by atoms with Crippen molar-refractivity contribution in [3.05, 3.63) is 35.4 Å². The second kappa shape index (κ2) is 8.12. The van der Waals surface area contributed by atoms with Gasteiger partial charge in [-0.1, -0.05) is 53.5 Å². The van der Waals surface area contributed by atoms with Crippen LogP contribution in [0.2, 0.25) is 0 Å². The summed E-state index contributed by atoms with van der Waals surface area (Å²) in [4.78, 5) is 11.3. The molecule has 0 radical (unpaired) electrons. The number of carbonyl (C=O) groups excluding carboxylic acids is 1. The van der Waals surface area contributed by atoms with E-state index in [0.29, 0.717) is 13.2 Å². The van der Waals surface area contributed by atoms with Crippen molar-refractivity contribution in [2.45, 2.75) is 31.6 Å². The Morgan fingerprint density at radius 1 is 1.29 bits per heavy atom. The second-order valence-corrected chi connectivity index (χ2v) is 4.35. The van der Waals surface area contributed by atoms with E-state index in [2.05, 4.69) is 28.2 Å². The molecule has 1 rings (SSSR count). The van der Waals surface area contributed by atoms with Crippen LogP contribution in [0.25, 0.3) is 0 Å². The molecule has 0 aliphatic rings. The normalized spacial score (nSPS) is 10.0. The molecule has 0 bridgehead atoms. The molecule has 0 aliphatic heterocycles. The molecule has 0 aromatic heterocycles. The Kier molecular flexibility index (Phi) is 6.70. The van der Waals surface area contributed by atoms with E-state index in [4.69, 9.17) is 4.74 Å². The molecule has 94 valence electrons. The SMILES string of the molecule is CCCCOC(=O)NCc1ccc(CBr)cc1. The van der Waals surface area contributed by atoms with Crippen LogP contribution in [0.5, 0.6) is 0 Å². The fraction of sp³-hybridized carbons (Fsp3) is 0.462. The van der Waals surface area contributed by atoms with Gasteiger partial charge < -0.3 is 10.1 Å². The van der Waals surface area contributed by atoms with Crippen LogP contribution in [-0.2, 0) is 16.6 Å². The lowest BCUT2D eigenvalue weighted by atomic mass is 10.1. The van der Waals surface area contributed by atoms with Crippen molar-refractivity contribution in [2.24, 2.45) is 0 Å². The van der Waals surface area contributed by atoms with Gasteiger partial charge in [0.2, 0.25) is 0 Å². The maximum atomic E-state index is 11.3. The predicted molar refractivity (Wildman–Crippen MR) is 72.2 cm³/mol. The zero-order valence-electron chi connectivity index (χ0n) is 10.0. The number of amides is 1. The topological polar surface area (TPSA) is 38.3 Å². The summed E-state index contributed by atoms with van der Waals surface area (Å²) >= 11 is 3.39. The molecular formula is C13H18BrNO2. The number of hydrogen-bond donors (Lipinski definition) is 1. The van der Waals surface area contributed by atoms with Crippen molar-refractivity contribution >= 4 is 22.0 Å². The summed E-state index contributed by atoms with van der Waals surface area (Å²) < 4.78 is 4.99. The monoisotopic (exact) mass is 299 g/mol. The minimum atomic E-state index is -0.344. The first-order chi connectivity index (χ1) is 8.26. The highest BCUT2D eigenvalue weighted by atomic mass is 79.9. The van der Waals surface area contributed by atoms with E-state index >= 15 is 0 Å². The maximum Gasteiger partial charge on any atom is 0.407 e. The van der Waals surface area contributed by atoms with Gasteiger partial charge in [0.05, 0.1) is 6.61 Å². The summed E-state index contributed by atoms with van der Waals surface area (Å²) in [7, 11) is 0. The number of alkyl halides is 1. The lowest BCUT2D eigenvalue weighted by Gasteiger charge is -2.06. The number of hydrogen-bond acceptors (Lipinski definition) is 2. The molecular weight excluding hydrogens is 282 g/mol. The van der Waals surface area contributed by atoms with Gasteiger partial charge >= 0.3 is 6.09 Å². The highest BCUT2D eigenvalue weighted by Gasteiger charge is 2.01. The molecule has 3 nitrogen and oxygen atoms in total. The highest BCUT2D eigenvalue weighted by molar-refractivity contribution is 9.08. The van der Waals surface area contributed by atoms with Crippen molar-refractivity contribution < 1.29 is 9.53 Å². The maximum absolute atomic E-state index is 11.3. The smallest absolute Gasteiger partial charge is 0.407 e. The van der Waals surface area contributed by atoms with Crippen LogP contribution in [0.15, 0.2) is 24.3 Å². The summed E-state index contributed by atoms with van der Waals surface area (Å²) in [5.41, 5.74) is 2.29. The van der Waals surface area contributed by atoms with Gasteiger partial charge in [0, 0.05) is 11.9 Å². The van der Waals surface area contributed by atoms with Gasteiger partial charge in [0.25, 0.3) is 0 Å². The van der Waals surface area contributed by atoms with Gasteiger partial charge in [-0.15, -0.1) is 0 Å². The third kappa shape index (κ3) is 5.73. The number of rotatable bonds is 6. The molecule has 17 heavy (non-hydrogen) atoms. The highest BCUT2D eigenvalue weighted by Crippen LogP contribution is 2.07. The quantitative estimate of drug-likeness (QED) is 0.644. The molecule has 0 fully saturated rings. The average Bonchev–Trinajstić information content (AvgIpc) is 2.37. The van der Waals surface area contributed by atoms with Gasteiger partial charge in [-0.25, -0.2) is 4.79 Å². The van der Waals surface area contributed by atoms with Crippen LogP contribution < -0.4 is 5.32 Å². The first kappa shape index (κ1) is 14.0. The van der Waals surface area contributed by atoms with Crippen LogP contribution in [0.1, 0.15) is 30.9 Å². The van der Waals surface area contributed by atoms with Gasteiger partial charge in [-0.2, -0.15) is 0 Å². The number of carbonyl (C=O) groups is 1. The van der Waals surface area contributed by atoms with E-state index in [1.165, 1.54) is 5.56 Å². The van der Waals surface area contributed by atoms with Gasteiger partial charge in [0.15, 0.2) is 0 Å². The van der Waals surface area contributed by atoms with E-state index in [9.17, 15) is 4.79 Å². The Bertz CT molecular complexity index is 338. The number of alkyl carbamates (subject to hydrolysis) is 1. The lowest BCUT2D eigenvalue weighted by Crippen LogP contribution is -2.24. The summed E-state index contributed by atoms with van der Waals surface area (Å²) in [5, 5.41) is 3.57. The van der Waals surface area contributed by atoms with Crippen LogP contribution in [0, 0.1) is 0 Å². The first-order valence-corrected chi connectivity index (χ1v) is 6.92. The van der Waals surface area contributed by atoms with E-state index in [1.54, 1.807) is 0 Å². The Morgan fingerprint density at radius 2 is 1.94 bits per heavy atom. The number of halogens is 1. The van der Waals surface area contributed by atoms with Gasteiger partial charge in [0.1, 0.15) is 0 Å². The first-order valence-electron chi connectivity index (χ1n) is 5.80. The predicted octanol–water partition coefficient (Wildman–Crippen LogP) is 3.61. The van der Waals surface area contributed by atoms with Crippen LogP contribution in [0.4, 0.5) is 4.79 Å². The van der Waals surface area contributed by atoms with E-state index in [-0.39, 0.29) is 6.09 Å². The van der Waals surface area contributed by atoms with E-state index < -0.39 is 0 Å². The molecule has 1 aromatic carbocycles. The third-order valence-electron chi connectivity index (χ3n) is 2.35. The fourth-order valence-electron chi connectivity index (χ4n) is 1.28. The molecule has 0 aliphatic carbocycles. The molecule has 1 amide bonds. The third-order valence-corrected chi connectivity index (χ3v) is 2.99. The molecule has 0 unspecified atom stereocenters. The number of unbranched alkanes of at least 4 members (excludes halogenated alkanes) is 1. The van der Waals surface area contributed by atoms with Crippen molar-refractivity contribution in [3.63, 3.8) is 0 Å². The summed E-state index contributed by atoms with van der Waals surface area (Å²) in [6.07, 6.45) is 1.59. The van der Waals surface area contributed by atoms with Crippen LogP contribution >= 0.6 is 15.9 Å². The van der Waals surface area contributed by atoms with Crippen molar-refractivity contribution in [3.8, 4) is 0 Å². The average molecular weight is 300 g/mol. The summed E-state index contributed by atoms with van der Waals surface area (Å²) in [6, 6.07) is 8.08. The number of nitrogens with one attached hydrogen (secondary N) is 1. The van der Waals surface area contributed by atoms with E-state index in [1.807, 2.05) is 24.3 Å². The Labute approximate surface area is 111 Å². The molecule has 0 atom stereocenters. The minimum Gasteiger partial charge on any atom is -0.450 e. The number of benzene rings is 1. The van der Waals surface area contributed by atoms with E-state index in [0.717, 1.165) is 23.7 Å². The molecule has 4 heteroatoms. The lowest BCUT2D eigenvalue weighted by molar-refractivity contribution is 0.144. The molecule has 0 heterocycles. The Balaban J connectivity index is 2.27. The number of ether oxygens (including phenoxy) is 1. The molecule has 1 N–H and O–H groups in total. The molecule has 1 aromatic rings. The summed E-state index contributed by atoms with van der Waals surface area (Å²) in [5.74, 6) is 0. The van der Waals surface area contributed by atoms with Crippen molar-refractivity contribution in [1.82, 2.24) is 5.32 Å². The zero-order valence-corrected chi connectivity index (χ0v) is 11.6. The van der Waals surface area contributed by atoms with Crippen LogP contribution in [0.3, 0.4) is 0 Å². The molecule has 0 saturated heterocycles. The fourth-order valence-corrected chi connectivity index (χ4v) is 1.65. The van der Waals surface area contributed by atoms with Crippen molar-refractivity contribution in [1.29, 1.82) is 0 Å². The molecule has 0 saturated carbocycles. The summed E-state index contributed by atoms with van der Waals surface area (Å²) in [6.45, 7) is 3.06. The molecule has 0 spiro atoms. The second-order valence-electron chi connectivity index (χ2n) is 3.79. The zero-order chi connectivity index (χ0) is 12.5. The standard InChI is InChI=1S/C13H18BrNO2/c1-2-3-8-17-13(16)15-10-12-6-4-11(9-14)5-7-12/h4-7H,2-3,8-10H2,1H3,(H,15,16). The van der Waals surface area contributed by atoms with Gasteiger partial charge in [-0.05, 0) is 17.5 Å². The van der Waals surface area contributed by atoms with Gasteiger partial charge in [-0.3, -0.25) is 0 Å². The van der Waals surface area contributed by atoms with Crippen LogP contribution in [-0.4, -0.2) is 12.7 Å². The minimum absolute atomic E-state index is 0.344. The Hall–Kier alpha value is -1.03. The Morgan fingerprint density at radius 3 is 2.53 bits per heavy atom. The largest absolute Gasteiger partial charge is 0.450 e.